The molecule has 1 aromatic heterocycles. The van der Waals surface area contributed by atoms with Crippen molar-refractivity contribution >= 4 is 40.6 Å². The fourth-order valence-corrected chi connectivity index (χ4v) is 3.70. The molecule has 1 aliphatic heterocycles. The van der Waals surface area contributed by atoms with E-state index >= 15 is 0 Å². The Hall–Kier alpha value is -3.78. The molecule has 0 saturated carbocycles. The van der Waals surface area contributed by atoms with E-state index in [-0.39, 0.29) is 11.5 Å². The first-order valence-corrected chi connectivity index (χ1v) is 10.3. The Balaban J connectivity index is 1.48. The second kappa shape index (κ2) is 8.93. The van der Waals surface area contributed by atoms with Crippen LogP contribution in [-0.4, -0.2) is 28.8 Å². The zero-order valence-corrected chi connectivity index (χ0v) is 17.3. The Morgan fingerprint density at radius 1 is 1.13 bits per heavy atom. The summed E-state index contributed by atoms with van der Waals surface area (Å²) in [5.74, 6) is 0.621. The molecule has 0 spiro atoms. The summed E-state index contributed by atoms with van der Waals surface area (Å²) in [7, 11) is 0. The van der Waals surface area contributed by atoms with Crippen molar-refractivity contribution in [1.29, 1.82) is 0 Å². The maximum absolute atomic E-state index is 12.3. The zero-order chi connectivity index (χ0) is 21.8. The number of ether oxygens (including phenoxy) is 1. The number of amidine groups is 1. The van der Waals surface area contributed by atoms with E-state index in [1.807, 2.05) is 31.2 Å². The van der Waals surface area contributed by atoms with Gasteiger partial charge in [0.15, 0.2) is 5.17 Å². The second-order valence-electron chi connectivity index (χ2n) is 6.49. The van der Waals surface area contributed by atoms with Crippen LogP contribution in [0.2, 0.25) is 0 Å². The summed E-state index contributed by atoms with van der Waals surface area (Å²) >= 11 is 1.23. The molecular formula is C23H18N2O5S. The molecule has 1 amide bonds. The van der Waals surface area contributed by atoms with E-state index in [0.29, 0.717) is 33.9 Å². The highest BCUT2D eigenvalue weighted by molar-refractivity contribution is 8.18. The molecule has 1 saturated heterocycles. The van der Waals surface area contributed by atoms with Gasteiger partial charge in [-0.3, -0.25) is 4.79 Å². The number of carboxylic acid groups (broad SMARTS) is 1. The molecule has 31 heavy (non-hydrogen) atoms. The summed E-state index contributed by atoms with van der Waals surface area (Å²) in [6, 6.07) is 17.2. The average molecular weight is 434 g/mol. The fraction of sp³-hybridized carbons (Fsp3) is 0.0870. The summed E-state index contributed by atoms with van der Waals surface area (Å²) in [4.78, 5) is 28.2. The SMILES string of the molecule is CCOc1ccc(N=C2NC(=O)/C(=C\c3ccc(-c4ccc(C(=O)O)cc4)o3)S2)cc1. The van der Waals surface area contributed by atoms with Gasteiger partial charge in [0.1, 0.15) is 17.3 Å². The van der Waals surface area contributed by atoms with E-state index < -0.39 is 5.97 Å². The van der Waals surface area contributed by atoms with Crippen molar-refractivity contribution < 1.29 is 23.8 Å². The van der Waals surface area contributed by atoms with Crippen LogP contribution in [0.25, 0.3) is 17.4 Å². The van der Waals surface area contributed by atoms with Crippen molar-refractivity contribution in [2.24, 2.45) is 4.99 Å². The first kappa shape index (κ1) is 20.5. The number of nitrogens with zero attached hydrogens (tertiary/aromatic N) is 1. The summed E-state index contributed by atoms with van der Waals surface area (Å²) in [6.45, 7) is 2.51. The highest BCUT2D eigenvalue weighted by Crippen LogP contribution is 2.30. The van der Waals surface area contributed by atoms with Crippen LogP contribution in [0, 0.1) is 0 Å². The van der Waals surface area contributed by atoms with Crippen molar-refractivity contribution in [1.82, 2.24) is 5.32 Å². The number of hydrogen-bond acceptors (Lipinski definition) is 6. The minimum atomic E-state index is -0.983. The third-order valence-corrected chi connectivity index (χ3v) is 5.26. The lowest BCUT2D eigenvalue weighted by Crippen LogP contribution is -2.19. The number of aliphatic imine (C=N–C) groups is 1. The largest absolute Gasteiger partial charge is 0.494 e. The van der Waals surface area contributed by atoms with E-state index in [1.54, 1.807) is 30.3 Å². The van der Waals surface area contributed by atoms with Crippen molar-refractivity contribution in [3.05, 3.63) is 76.9 Å². The molecule has 1 fully saturated rings. The smallest absolute Gasteiger partial charge is 0.335 e. The molecule has 2 aromatic carbocycles. The van der Waals surface area contributed by atoms with Crippen molar-refractivity contribution in [3.8, 4) is 17.1 Å². The molecule has 0 atom stereocenters. The topological polar surface area (TPSA) is 101 Å². The van der Waals surface area contributed by atoms with Crippen molar-refractivity contribution in [3.63, 3.8) is 0 Å². The predicted molar refractivity (Wildman–Crippen MR) is 120 cm³/mol. The lowest BCUT2D eigenvalue weighted by atomic mass is 10.1. The number of amides is 1. The van der Waals surface area contributed by atoms with Gasteiger partial charge < -0.3 is 19.6 Å². The lowest BCUT2D eigenvalue weighted by molar-refractivity contribution is -0.115. The standard InChI is InChI=1S/C23H18N2O5S/c1-2-29-17-9-7-16(8-10-17)24-23-25-21(26)20(31-23)13-18-11-12-19(30-18)14-3-5-15(6-4-14)22(27)28/h3-13H,2H2,1H3,(H,27,28)(H,24,25,26)/b20-13+. The molecule has 0 aliphatic carbocycles. The molecule has 156 valence electrons. The predicted octanol–water partition coefficient (Wildman–Crippen LogP) is 4.94. The van der Waals surface area contributed by atoms with Gasteiger partial charge in [0.25, 0.3) is 5.91 Å². The Morgan fingerprint density at radius 3 is 2.55 bits per heavy atom. The second-order valence-corrected chi connectivity index (χ2v) is 7.52. The van der Waals surface area contributed by atoms with E-state index in [9.17, 15) is 9.59 Å². The van der Waals surface area contributed by atoms with E-state index in [4.69, 9.17) is 14.3 Å². The molecule has 0 unspecified atom stereocenters. The minimum absolute atomic E-state index is 0.205. The van der Waals surface area contributed by atoms with Crippen LogP contribution in [0.15, 0.2) is 75.0 Å². The fourth-order valence-electron chi connectivity index (χ4n) is 2.87. The molecule has 7 nitrogen and oxygen atoms in total. The first-order valence-electron chi connectivity index (χ1n) is 9.48. The summed E-state index contributed by atoms with van der Waals surface area (Å²) < 4.78 is 11.2. The third kappa shape index (κ3) is 4.87. The van der Waals surface area contributed by atoms with Gasteiger partial charge in [-0.2, -0.15) is 0 Å². The molecule has 0 bridgehead atoms. The first-order chi connectivity index (χ1) is 15.0. The van der Waals surface area contributed by atoms with Crippen LogP contribution < -0.4 is 10.1 Å². The van der Waals surface area contributed by atoms with Gasteiger partial charge in [0.2, 0.25) is 0 Å². The number of benzene rings is 2. The zero-order valence-electron chi connectivity index (χ0n) is 16.5. The average Bonchev–Trinajstić information content (AvgIpc) is 3.36. The van der Waals surface area contributed by atoms with Crippen LogP contribution in [0.3, 0.4) is 0 Å². The van der Waals surface area contributed by atoms with Crippen LogP contribution in [0.1, 0.15) is 23.0 Å². The number of carbonyl (C=O) groups excluding carboxylic acids is 1. The highest BCUT2D eigenvalue weighted by Gasteiger charge is 2.24. The minimum Gasteiger partial charge on any atom is -0.494 e. The molecule has 0 radical (unpaired) electrons. The van der Waals surface area contributed by atoms with E-state index in [0.717, 1.165) is 11.3 Å². The molecule has 2 N–H and O–H groups in total. The molecule has 1 aliphatic rings. The summed E-state index contributed by atoms with van der Waals surface area (Å²) in [5.41, 5.74) is 1.66. The number of nitrogens with one attached hydrogen (secondary N) is 1. The van der Waals surface area contributed by atoms with E-state index in [1.165, 1.54) is 23.9 Å². The number of furan rings is 1. The van der Waals surface area contributed by atoms with Gasteiger partial charge in [-0.05, 0) is 67.2 Å². The molecule has 3 aromatic rings. The van der Waals surface area contributed by atoms with Crippen molar-refractivity contribution in [2.75, 3.05) is 6.61 Å². The van der Waals surface area contributed by atoms with Gasteiger partial charge in [-0.15, -0.1) is 0 Å². The number of rotatable bonds is 6. The maximum atomic E-state index is 12.3. The third-order valence-electron chi connectivity index (χ3n) is 4.35. The molecule has 8 heteroatoms. The summed E-state index contributed by atoms with van der Waals surface area (Å²) in [6.07, 6.45) is 1.65. The Bertz CT molecular complexity index is 1180. The molecule has 4 rings (SSSR count). The van der Waals surface area contributed by atoms with Gasteiger partial charge in [-0.25, -0.2) is 9.79 Å². The van der Waals surface area contributed by atoms with Gasteiger partial charge in [-0.1, -0.05) is 12.1 Å². The van der Waals surface area contributed by atoms with Crippen molar-refractivity contribution in [2.45, 2.75) is 6.92 Å². The van der Waals surface area contributed by atoms with Crippen LogP contribution in [-0.2, 0) is 4.79 Å². The quantitative estimate of drug-likeness (QED) is 0.533. The van der Waals surface area contributed by atoms with Crippen LogP contribution in [0.5, 0.6) is 5.75 Å². The maximum Gasteiger partial charge on any atom is 0.335 e. The number of hydrogen-bond donors (Lipinski definition) is 2. The number of carboxylic acids is 1. The number of thioether (sulfide) groups is 1. The van der Waals surface area contributed by atoms with Gasteiger partial charge >= 0.3 is 5.97 Å². The van der Waals surface area contributed by atoms with Crippen LogP contribution in [0.4, 0.5) is 5.69 Å². The molecular weight excluding hydrogens is 416 g/mol. The number of carbonyl (C=O) groups is 2. The van der Waals surface area contributed by atoms with Crippen LogP contribution >= 0.6 is 11.8 Å². The normalized spacial score (nSPS) is 16.0. The summed E-state index contributed by atoms with van der Waals surface area (Å²) in [5, 5.41) is 12.2. The Labute approximate surface area is 182 Å². The molecule has 2 heterocycles. The van der Waals surface area contributed by atoms with Gasteiger partial charge in [0.05, 0.1) is 22.8 Å². The number of aromatic carboxylic acids is 1. The Kier molecular flexibility index (Phi) is 5.90. The highest BCUT2D eigenvalue weighted by atomic mass is 32.2. The Morgan fingerprint density at radius 2 is 1.87 bits per heavy atom. The van der Waals surface area contributed by atoms with E-state index in [2.05, 4.69) is 10.3 Å². The van der Waals surface area contributed by atoms with Gasteiger partial charge in [0, 0.05) is 11.6 Å². The monoisotopic (exact) mass is 434 g/mol. The lowest BCUT2D eigenvalue weighted by Gasteiger charge is -2.02.